The van der Waals surface area contributed by atoms with E-state index in [2.05, 4.69) is 37.1 Å². The Hall–Kier alpha value is -1.05. The van der Waals surface area contributed by atoms with Crippen molar-refractivity contribution in [3.8, 4) is 0 Å². The molecule has 14 heavy (non-hydrogen) atoms. The van der Waals surface area contributed by atoms with E-state index in [0.29, 0.717) is 0 Å². The molecule has 2 nitrogen and oxygen atoms in total. The molecule has 1 N–H and O–H groups in total. The zero-order valence-electron chi connectivity index (χ0n) is 9.22. The highest BCUT2D eigenvalue weighted by Gasteiger charge is 2.17. The second-order valence-electron chi connectivity index (χ2n) is 5.01. The molecule has 0 atom stereocenters. The maximum Gasteiger partial charge on any atom is 0.129 e. The third-order valence-corrected chi connectivity index (χ3v) is 2.75. The summed E-state index contributed by atoms with van der Waals surface area (Å²) in [5, 5.41) is 3.33. The molecule has 1 aromatic heterocycles. The molecule has 1 aliphatic rings. The first kappa shape index (κ1) is 9.50. The predicted molar refractivity (Wildman–Crippen MR) is 59.7 cm³/mol. The molecule has 0 fully saturated rings. The van der Waals surface area contributed by atoms with Crippen LogP contribution in [-0.2, 0) is 11.8 Å². The Morgan fingerprint density at radius 3 is 2.86 bits per heavy atom. The number of aryl methyl sites for hydroxylation is 1. The van der Waals surface area contributed by atoms with Crippen LogP contribution in [0.4, 0.5) is 5.82 Å². The number of aromatic nitrogens is 1. The predicted octanol–water partition coefficient (Wildman–Crippen LogP) is 2.74. The van der Waals surface area contributed by atoms with Crippen molar-refractivity contribution >= 4 is 5.82 Å². The lowest BCUT2D eigenvalue weighted by molar-refractivity contribution is 0.585. The smallest absolute Gasteiger partial charge is 0.129 e. The van der Waals surface area contributed by atoms with Gasteiger partial charge in [0.1, 0.15) is 5.82 Å². The van der Waals surface area contributed by atoms with Gasteiger partial charge in [-0.25, -0.2) is 4.98 Å². The van der Waals surface area contributed by atoms with Crippen molar-refractivity contribution in [2.24, 2.45) is 0 Å². The van der Waals surface area contributed by atoms with Crippen molar-refractivity contribution in [2.75, 3.05) is 11.9 Å². The molecule has 76 valence electrons. The van der Waals surface area contributed by atoms with Crippen molar-refractivity contribution in [3.05, 3.63) is 23.4 Å². The third kappa shape index (κ3) is 1.74. The fourth-order valence-corrected chi connectivity index (χ4v) is 1.76. The summed E-state index contributed by atoms with van der Waals surface area (Å²) in [5.74, 6) is 1.09. The molecule has 2 heterocycles. The van der Waals surface area contributed by atoms with Crippen LogP contribution < -0.4 is 5.32 Å². The van der Waals surface area contributed by atoms with Gasteiger partial charge in [0.2, 0.25) is 0 Å². The van der Waals surface area contributed by atoms with Crippen LogP contribution >= 0.6 is 0 Å². The second-order valence-corrected chi connectivity index (χ2v) is 5.01. The van der Waals surface area contributed by atoms with Crippen molar-refractivity contribution in [3.63, 3.8) is 0 Å². The van der Waals surface area contributed by atoms with E-state index in [1.807, 2.05) is 6.20 Å². The summed E-state index contributed by atoms with van der Waals surface area (Å²) < 4.78 is 0. The average Bonchev–Trinajstić information content (AvgIpc) is 2.16. The largest absolute Gasteiger partial charge is 0.370 e. The average molecular weight is 190 g/mol. The van der Waals surface area contributed by atoms with Crippen LogP contribution in [0.1, 0.15) is 38.3 Å². The summed E-state index contributed by atoms with van der Waals surface area (Å²) in [6, 6.07) is 2.30. The fraction of sp³-hybridized carbons (Fsp3) is 0.583. The van der Waals surface area contributed by atoms with Crippen molar-refractivity contribution in [1.29, 1.82) is 0 Å². The second kappa shape index (κ2) is 3.26. The molecule has 1 aromatic rings. The van der Waals surface area contributed by atoms with Gasteiger partial charge in [-0.2, -0.15) is 0 Å². The molecule has 0 radical (unpaired) electrons. The topological polar surface area (TPSA) is 24.9 Å². The minimum absolute atomic E-state index is 0.208. The van der Waals surface area contributed by atoms with Gasteiger partial charge in [-0.15, -0.1) is 0 Å². The van der Waals surface area contributed by atoms with Crippen LogP contribution in [-0.4, -0.2) is 11.5 Å². The van der Waals surface area contributed by atoms with E-state index in [4.69, 9.17) is 0 Å². The zero-order valence-corrected chi connectivity index (χ0v) is 9.22. The molecule has 0 saturated carbocycles. The van der Waals surface area contributed by atoms with E-state index in [1.165, 1.54) is 24.0 Å². The highest BCUT2D eigenvalue weighted by atomic mass is 15.0. The summed E-state index contributed by atoms with van der Waals surface area (Å²) in [4.78, 5) is 4.47. The summed E-state index contributed by atoms with van der Waals surface area (Å²) in [6.45, 7) is 7.75. The molecular weight excluding hydrogens is 172 g/mol. The maximum absolute atomic E-state index is 4.47. The van der Waals surface area contributed by atoms with Gasteiger partial charge in [0.15, 0.2) is 0 Å². The minimum Gasteiger partial charge on any atom is -0.370 e. The Kier molecular flexibility index (Phi) is 2.22. The van der Waals surface area contributed by atoms with E-state index >= 15 is 0 Å². The van der Waals surface area contributed by atoms with Gasteiger partial charge < -0.3 is 5.32 Å². The van der Waals surface area contributed by atoms with Gasteiger partial charge in [0, 0.05) is 12.7 Å². The fourth-order valence-electron chi connectivity index (χ4n) is 1.76. The summed E-state index contributed by atoms with van der Waals surface area (Å²) in [6.07, 6.45) is 4.39. The number of hydrogen-bond acceptors (Lipinski definition) is 2. The highest BCUT2D eigenvalue weighted by molar-refractivity contribution is 5.48. The molecule has 2 rings (SSSR count). The lowest BCUT2D eigenvalue weighted by Gasteiger charge is -2.23. The number of hydrogen-bond donors (Lipinski definition) is 1. The van der Waals surface area contributed by atoms with E-state index < -0.39 is 0 Å². The van der Waals surface area contributed by atoms with E-state index in [-0.39, 0.29) is 5.41 Å². The number of anilines is 1. The Morgan fingerprint density at radius 1 is 1.36 bits per heavy atom. The van der Waals surface area contributed by atoms with Gasteiger partial charge in [-0.05, 0) is 29.4 Å². The number of pyridine rings is 1. The summed E-state index contributed by atoms with van der Waals surface area (Å²) in [5.41, 5.74) is 2.92. The van der Waals surface area contributed by atoms with Crippen LogP contribution in [0.15, 0.2) is 12.3 Å². The first-order valence-corrected chi connectivity index (χ1v) is 5.30. The molecule has 0 bridgehead atoms. The first-order valence-electron chi connectivity index (χ1n) is 5.30. The Bertz CT molecular complexity index is 337. The maximum atomic E-state index is 4.47. The van der Waals surface area contributed by atoms with E-state index in [9.17, 15) is 0 Å². The summed E-state index contributed by atoms with van der Waals surface area (Å²) in [7, 11) is 0. The van der Waals surface area contributed by atoms with Gasteiger partial charge in [-0.1, -0.05) is 26.8 Å². The molecule has 0 aliphatic carbocycles. The molecule has 0 aromatic carbocycles. The lowest BCUT2D eigenvalue weighted by atomic mass is 9.87. The molecule has 0 saturated heterocycles. The van der Waals surface area contributed by atoms with Crippen LogP contribution in [0.2, 0.25) is 0 Å². The quantitative estimate of drug-likeness (QED) is 0.680. The van der Waals surface area contributed by atoms with Gasteiger partial charge in [-0.3, -0.25) is 0 Å². The van der Waals surface area contributed by atoms with Gasteiger partial charge >= 0.3 is 0 Å². The molecule has 0 amide bonds. The van der Waals surface area contributed by atoms with Crippen molar-refractivity contribution in [2.45, 2.75) is 39.0 Å². The Labute approximate surface area is 85.7 Å². The van der Waals surface area contributed by atoms with Gasteiger partial charge in [0.25, 0.3) is 0 Å². The zero-order chi connectivity index (χ0) is 10.2. The Morgan fingerprint density at radius 2 is 2.14 bits per heavy atom. The standard InChI is InChI=1S/C12H18N2/c1-12(2,3)10-7-9-5-4-6-13-11(9)14-8-10/h7-8H,4-6H2,1-3H3,(H,13,14). The molecule has 0 spiro atoms. The van der Waals surface area contributed by atoms with Crippen LogP contribution in [0, 0.1) is 0 Å². The number of rotatable bonds is 0. The van der Waals surface area contributed by atoms with E-state index in [0.717, 1.165) is 12.4 Å². The first-order chi connectivity index (χ1) is 6.57. The number of fused-ring (bicyclic) bond motifs is 1. The normalized spacial score (nSPS) is 15.9. The molecular formula is C12H18N2. The van der Waals surface area contributed by atoms with Crippen LogP contribution in [0.5, 0.6) is 0 Å². The Balaban J connectivity index is 2.39. The molecule has 2 heteroatoms. The molecule has 1 aliphatic heterocycles. The number of nitrogens with zero attached hydrogens (tertiary/aromatic N) is 1. The minimum atomic E-state index is 0.208. The van der Waals surface area contributed by atoms with Gasteiger partial charge in [0.05, 0.1) is 0 Å². The van der Waals surface area contributed by atoms with E-state index in [1.54, 1.807) is 0 Å². The third-order valence-electron chi connectivity index (χ3n) is 2.75. The SMILES string of the molecule is CC(C)(C)c1cnc2c(c1)CCCN2. The van der Waals surface area contributed by atoms with Crippen LogP contribution in [0.3, 0.4) is 0 Å². The molecule has 0 unspecified atom stereocenters. The monoisotopic (exact) mass is 190 g/mol. The van der Waals surface area contributed by atoms with Crippen LogP contribution in [0.25, 0.3) is 0 Å². The lowest BCUT2D eigenvalue weighted by Crippen LogP contribution is -2.17. The highest BCUT2D eigenvalue weighted by Crippen LogP contribution is 2.27. The number of nitrogens with one attached hydrogen (secondary N) is 1. The summed E-state index contributed by atoms with van der Waals surface area (Å²) >= 11 is 0. The van der Waals surface area contributed by atoms with Crippen molar-refractivity contribution in [1.82, 2.24) is 4.98 Å². The van der Waals surface area contributed by atoms with Crippen molar-refractivity contribution < 1.29 is 0 Å².